The van der Waals surface area contributed by atoms with Crippen LogP contribution in [0, 0.1) is 4.91 Å². The van der Waals surface area contributed by atoms with E-state index in [1.807, 2.05) is 24.3 Å². The van der Waals surface area contributed by atoms with Gasteiger partial charge in [-0.15, -0.1) is 8.85 Å². The summed E-state index contributed by atoms with van der Waals surface area (Å²) in [6.45, 7) is 0.901. The Morgan fingerprint density at radius 3 is 2.50 bits per heavy atom. The number of anilines is 1. The Labute approximate surface area is 182 Å². The Morgan fingerprint density at radius 1 is 0.906 bits per heavy atom. The van der Waals surface area contributed by atoms with E-state index in [0.29, 0.717) is 58.0 Å². The van der Waals surface area contributed by atoms with E-state index in [1.165, 1.54) is 6.07 Å². The van der Waals surface area contributed by atoms with Gasteiger partial charge in [0.15, 0.2) is 11.5 Å². The quantitative estimate of drug-likeness (QED) is 0.367. The molecule has 2 aliphatic heterocycles. The lowest BCUT2D eigenvalue weighted by atomic mass is 10.2. The molecule has 3 heterocycles. The van der Waals surface area contributed by atoms with Crippen LogP contribution in [-0.4, -0.2) is 27.4 Å². The lowest BCUT2D eigenvalue weighted by Crippen LogP contribution is -2.20. The summed E-state index contributed by atoms with van der Waals surface area (Å²) in [5.74, 6) is 1.97. The lowest BCUT2D eigenvalue weighted by Gasteiger charge is -2.18. The molecular formula is C22H16N5O4S+. The fourth-order valence-corrected chi connectivity index (χ4v) is 5.95. The molecule has 6 rings (SSSR count). The molecule has 1 atom stereocenters. The molecule has 1 aromatic heterocycles. The van der Waals surface area contributed by atoms with Crippen LogP contribution >= 0.6 is 0 Å². The average Bonchev–Trinajstić information content (AvgIpc) is 3.14. The van der Waals surface area contributed by atoms with Crippen molar-refractivity contribution >= 4 is 44.0 Å². The molecule has 1 N–H and O–H groups in total. The molecule has 1 unspecified atom stereocenters. The zero-order chi connectivity index (χ0) is 21.7. The summed E-state index contributed by atoms with van der Waals surface area (Å²) in [5, 5.41) is 2.99. The molecule has 0 saturated carbocycles. The molecule has 0 spiro atoms. The zero-order valence-corrected chi connectivity index (χ0v) is 17.4. The SMILES string of the molecule is O=Nc1cccc(S2(=O)=[N+](c3ccc4c(c3)OCCO4)c3nc4ccccc4nc3N2)c1. The molecule has 0 bridgehead atoms. The first-order valence-corrected chi connectivity index (χ1v) is 11.4. The Balaban J connectivity index is 1.66. The summed E-state index contributed by atoms with van der Waals surface area (Å²) in [6, 6.07) is 19.1. The normalized spacial score (nSPS) is 18.8. The highest BCUT2D eigenvalue weighted by atomic mass is 32.2. The largest absolute Gasteiger partial charge is 0.486 e. The van der Waals surface area contributed by atoms with Crippen LogP contribution in [0.15, 0.2) is 76.8 Å². The van der Waals surface area contributed by atoms with E-state index >= 15 is 0 Å². The summed E-state index contributed by atoms with van der Waals surface area (Å²) in [4.78, 5) is 20.9. The molecule has 0 fully saturated rings. The van der Waals surface area contributed by atoms with Crippen LogP contribution in [0.25, 0.3) is 11.0 Å². The number of hydrogen-bond acceptors (Lipinski definition) is 7. The van der Waals surface area contributed by atoms with Gasteiger partial charge in [-0.3, -0.25) is 4.72 Å². The minimum Gasteiger partial charge on any atom is -0.486 e. The van der Waals surface area contributed by atoms with Gasteiger partial charge >= 0.3 is 5.82 Å². The van der Waals surface area contributed by atoms with Gasteiger partial charge in [-0.1, -0.05) is 18.2 Å². The highest BCUT2D eigenvalue weighted by Gasteiger charge is 2.39. The van der Waals surface area contributed by atoms with E-state index in [9.17, 15) is 9.12 Å². The predicted molar refractivity (Wildman–Crippen MR) is 120 cm³/mol. The second-order valence-electron chi connectivity index (χ2n) is 7.22. The van der Waals surface area contributed by atoms with Gasteiger partial charge < -0.3 is 9.47 Å². The number of benzene rings is 3. The predicted octanol–water partition coefficient (Wildman–Crippen LogP) is 4.50. The van der Waals surface area contributed by atoms with Crippen LogP contribution in [0.5, 0.6) is 11.5 Å². The highest BCUT2D eigenvalue weighted by molar-refractivity contribution is 7.95. The van der Waals surface area contributed by atoms with Gasteiger partial charge in [-0.25, -0.2) is 9.19 Å². The van der Waals surface area contributed by atoms with Gasteiger partial charge in [0.2, 0.25) is 21.2 Å². The van der Waals surface area contributed by atoms with E-state index in [-0.39, 0.29) is 5.69 Å². The van der Waals surface area contributed by atoms with Crippen molar-refractivity contribution in [3.8, 4) is 11.5 Å². The van der Waals surface area contributed by atoms with Crippen molar-refractivity contribution in [3.05, 3.63) is 71.6 Å². The van der Waals surface area contributed by atoms with E-state index in [2.05, 4.69) is 14.9 Å². The number of para-hydroxylation sites is 2. The molecule has 0 saturated heterocycles. The Morgan fingerprint density at radius 2 is 1.69 bits per heavy atom. The van der Waals surface area contributed by atoms with Gasteiger partial charge in [0.1, 0.15) is 30.1 Å². The maximum Gasteiger partial charge on any atom is 0.382 e. The Kier molecular flexibility index (Phi) is 4.08. The number of rotatable bonds is 3. The number of fused-ring (bicyclic) bond motifs is 3. The molecular weight excluding hydrogens is 430 g/mol. The van der Waals surface area contributed by atoms with Crippen LogP contribution in [0.3, 0.4) is 0 Å². The van der Waals surface area contributed by atoms with Crippen LogP contribution in [0.4, 0.5) is 23.0 Å². The van der Waals surface area contributed by atoms with E-state index < -0.39 is 9.92 Å². The minimum absolute atomic E-state index is 0.177. The number of aromatic nitrogens is 2. The van der Waals surface area contributed by atoms with Gasteiger partial charge in [0.05, 0.1) is 4.90 Å². The van der Waals surface area contributed by atoms with Crippen molar-refractivity contribution in [1.82, 2.24) is 13.9 Å². The van der Waals surface area contributed by atoms with Crippen molar-refractivity contribution < 1.29 is 13.7 Å². The monoisotopic (exact) mass is 446 g/mol. The number of ether oxygens (including phenoxy) is 2. The third-order valence-corrected chi connectivity index (χ3v) is 7.50. The second-order valence-corrected chi connectivity index (χ2v) is 9.32. The molecule has 0 amide bonds. The first-order valence-electron chi connectivity index (χ1n) is 9.88. The second kappa shape index (κ2) is 6.99. The Bertz CT molecular complexity index is 1540. The number of nitroso groups, excluding NO2 is 1. The third-order valence-electron chi connectivity index (χ3n) is 5.24. The van der Waals surface area contributed by atoms with E-state index in [1.54, 1.807) is 40.3 Å². The molecule has 0 aliphatic carbocycles. The number of nitrogens with zero attached hydrogens (tertiary/aromatic N) is 4. The van der Waals surface area contributed by atoms with Crippen LogP contribution in [0.1, 0.15) is 0 Å². The first-order chi connectivity index (χ1) is 15.7. The van der Waals surface area contributed by atoms with Crippen molar-refractivity contribution in [3.63, 3.8) is 0 Å². The molecule has 4 aromatic rings. The smallest absolute Gasteiger partial charge is 0.382 e. The summed E-state index contributed by atoms with van der Waals surface area (Å²) in [7, 11) is -3.16. The molecule has 10 heteroatoms. The minimum atomic E-state index is -3.16. The fraction of sp³-hybridized carbons (Fsp3) is 0.0909. The maximum absolute atomic E-state index is 14.5. The molecule has 32 heavy (non-hydrogen) atoms. The number of nitrogens with one attached hydrogen (secondary N) is 1. The Hall–Kier alpha value is -4.05. The van der Waals surface area contributed by atoms with Gasteiger partial charge in [0, 0.05) is 6.07 Å². The summed E-state index contributed by atoms with van der Waals surface area (Å²) in [6.07, 6.45) is 0. The molecule has 158 valence electrons. The lowest BCUT2D eigenvalue weighted by molar-refractivity contribution is 0.171. The molecule has 2 aliphatic rings. The first kappa shape index (κ1) is 18.7. The van der Waals surface area contributed by atoms with E-state index in [0.717, 1.165) is 0 Å². The van der Waals surface area contributed by atoms with Gasteiger partial charge in [-0.05, 0) is 52.6 Å². The molecule has 9 nitrogen and oxygen atoms in total. The van der Waals surface area contributed by atoms with Crippen LogP contribution in [-0.2, 0) is 9.92 Å². The van der Waals surface area contributed by atoms with Crippen LogP contribution in [0.2, 0.25) is 0 Å². The van der Waals surface area contributed by atoms with Gasteiger partial charge in [-0.2, -0.15) is 0 Å². The summed E-state index contributed by atoms with van der Waals surface area (Å²) in [5.41, 5.74) is 2.10. The average molecular weight is 446 g/mol. The topological polar surface area (TPSA) is 106 Å². The fourth-order valence-electron chi connectivity index (χ4n) is 3.81. The van der Waals surface area contributed by atoms with Crippen molar-refractivity contribution in [2.45, 2.75) is 4.90 Å². The highest BCUT2D eigenvalue weighted by Crippen LogP contribution is 2.41. The van der Waals surface area contributed by atoms with Crippen molar-refractivity contribution in [2.75, 3.05) is 17.9 Å². The maximum atomic E-state index is 14.5. The third kappa shape index (κ3) is 2.80. The number of hydrogen-bond donors (Lipinski definition) is 1. The standard InChI is InChI=1S/C22H15N5O4S/c28-25-14-4-3-5-16(12-14)32(29)26-21-22(24-18-7-2-1-6-17(18)23-21)27(32)15-8-9-19-20(13-15)31-11-10-30-19/h1-9,12-13H,10-11H2/p+1. The molecule has 0 radical (unpaired) electrons. The zero-order valence-electron chi connectivity index (χ0n) is 16.6. The van der Waals surface area contributed by atoms with Crippen molar-refractivity contribution in [2.24, 2.45) is 5.18 Å². The summed E-state index contributed by atoms with van der Waals surface area (Å²) < 4.78 is 30.5. The summed E-state index contributed by atoms with van der Waals surface area (Å²) >= 11 is 0. The van der Waals surface area contributed by atoms with Crippen molar-refractivity contribution in [1.29, 1.82) is 0 Å². The van der Waals surface area contributed by atoms with E-state index in [4.69, 9.17) is 14.5 Å². The molecule has 3 aromatic carbocycles. The van der Waals surface area contributed by atoms with Gasteiger partial charge in [0.25, 0.3) is 0 Å². The van der Waals surface area contributed by atoms with Crippen LogP contribution < -0.4 is 18.1 Å².